The Hall–Kier alpha value is -1.42. The van der Waals surface area contributed by atoms with Gasteiger partial charge >= 0.3 is 0 Å². The SMILES string of the molecule is O=Cc1ccc(OCCCCCO)cn1. The van der Waals surface area contributed by atoms with E-state index in [1.165, 1.54) is 6.20 Å². The summed E-state index contributed by atoms with van der Waals surface area (Å²) in [6, 6.07) is 3.35. The van der Waals surface area contributed by atoms with Gasteiger partial charge in [-0.3, -0.25) is 4.79 Å². The number of unbranched alkanes of at least 4 members (excludes halogenated alkanes) is 2. The summed E-state index contributed by atoms with van der Waals surface area (Å²) in [7, 11) is 0. The van der Waals surface area contributed by atoms with Crippen LogP contribution in [0, 0.1) is 0 Å². The van der Waals surface area contributed by atoms with Crippen LogP contribution in [-0.2, 0) is 0 Å². The second-order valence-corrected chi connectivity index (χ2v) is 3.17. The molecule has 4 nitrogen and oxygen atoms in total. The molecule has 0 saturated heterocycles. The molecule has 1 aromatic heterocycles. The van der Waals surface area contributed by atoms with Crippen molar-refractivity contribution in [1.82, 2.24) is 4.98 Å². The predicted molar refractivity (Wildman–Crippen MR) is 56.1 cm³/mol. The third-order valence-corrected chi connectivity index (χ3v) is 1.95. The van der Waals surface area contributed by atoms with Crippen LogP contribution in [-0.4, -0.2) is 29.6 Å². The second kappa shape index (κ2) is 6.95. The van der Waals surface area contributed by atoms with E-state index in [1.54, 1.807) is 12.1 Å². The number of rotatable bonds is 7. The van der Waals surface area contributed by atoms with E-state index in [0.717, 1.165) is 19.3 Å². The highest BCUT2D eigenvalue weighted by Gasteiger charge is 1.95. The fourth-order valence-corrected chi connectivity index (χ4v) is 1.13. The number of pyridine rings is 1. The molecule has 1 aromatic rings. The number of hydrogen-bond donors (Lipinski definition) is 1. The van der Waals surface area contributed by atoms with Gasteiger partial charge < -0.3 is 9.84 Å². The topological polar surface area (TPSA) is 59.4 Å². The number of aldehydes is 1. The molecule has 4 heteroatoms. The van der Waals surface area contributed by atoms with E-state index in [-0.39, 0.29) is 6.61 Å². The monoisotopic (exact) mass is 209 g/mol. The van der Waals surface area contributed by atoms with E-state index in [0.29, 0.717) is 24.3 Å². The van der Waals surface area contributed by atoms with E-state index < -0.39 is 0 Å². The molecule has 0 aromatic carbocycles. The first-order chi connectivity index (χ1) is 7.36. The first-order valence-electron chi connectivity index (χ1n) is 5.01. The van der Waals surface area contributed by atoms with Gasteiger partial charge in [-0.2, -0.15) is 0 Å². The largest absolute Gasteiger partial charge is 0.492 e. The smallest absolute Gasteiger partial charge is 0.168 e. The van der Waals surface area contributed by atoms with Gasteiger partial charge in [0, 0.05) is 6.61 Å². The average molecular weight is 209 g/mol. The molecule has 0 aliphatic carbocycles. The van der Waals surface area contributed by atoms with Crippen molar-refractivity contribution in [2.75, 3.05) is 13.2 Å². The molecule has 1 N–H and O–H groups in total. The molecule has 0 aliphatic heterocycles. The van der Waals surface area contributed by atoms with E-state index in [1.807, 2.05) is 0 Å². The zero-order valence-corrected chi connectivity index (χ0v) is 8.56. The Morgan fingerprint density at radius 2 is 2.20 bits per heavy atom. The number of carbonyl (C=O) groups is 1. The number of aromatic nitrogens is 1. The summed E-state index contributed by atoms with van der Waals surface area (Å²) in [5.41, 5.74) is 0.405. The molecule has 0 radical (unpaired) electrons. The summed E-state index contributed by atoms with van der Waals surface area (Å²) < 4.78 is 5.39. The highest BCUT2D eigenvalue weighted by atomic mass is 16.5. The Morgan fingerprint density at radius 3 is 2.80 bits per heavy atom. The van der Waals surface area contributed by atoms with Gasteiger partial charge in [-0.15, -0.1) is 0 Å². The summed E-state index contributed by atoms with van der Waals surface area (Å²) in [6.45, 7) is 0.845. The lowest BCUT2D eigenvalue weighted by Crippen LogP contribution is -1.98. The third-order valence-electron chi connectivity index (χ3n) is 1.95. The molecule has 15 heavy (non-hydrogen) atoms. The molecule has 0 bridgehead atoms. The van der Waals surface area contributed by atoms with E-state index >= 15 is 0 Å². The normalized spacial score (nSPS) is 9.93. The van der Waals surface area contributed by atoms with Gasteiger partial charge in [0.05, 0.1) is 12.8 Å². The number of aliphatic hydroxyl groups excluding tert-OH is 1. The van der Waals surface area contributed by atoms with Crippen molar-refractivity contribution in [3.63, 3.8) is 0 Å². The lowest BCUT2D eigenvalue weighted by Gasteiger charge is -2.04. The summed E-state index contributed by atoms with van der Waals surface area (Å²) in [5.74, 6) is 0.671. The highest BCUT2D eigenvalue weighted by molar-refractivity contribution is 5.71. The Balaban J connectivity index is 2.22. The minimum atomic E-state index is 0.232. The fraction of sp³-hybridized carbons (Fsp3) is 0.455. The predicted octanol–water partition coefficient (Wildman–Crippen LogP) is 1.44. The van der Waals surface area contributed by atoms with Crippen LogP contribution in [0.25, 0.3) is 0 Å². The van der Waals surface area contributed by atoms with Crippen LogP contribution in [0.15, 0.2) is 18.3 Å². The van der Waals surface area contributed by atoms with Crippen molar-refractivity contribution in [2.45, 2.75) is 19.3 Å². The fourth-order valence-electron chi connectivity index (χ4n) is 1.13. The third kappa shape index (κ3) is 4.56. The van der Waals surface area contributed by atoms with Crippen molar-refractivity contribution in [3.8, 4) is 5.75 Å². The van der Waals surface area contributed by atoms with Crippen molar-refractivity contribution >= 4 is 6.29 Å². The van der Waals surface area contributed by atoms with Gasteiger partial charge in [-0.05, 0) is 31.4 Å². The maximum absolute atomic E-state index is 10.3. The molecule has 0 unspecified atom stereocenters. The first-order valence-corrected chi connectivity index (χ1v) is 5.01. The van der Waals surface area contributed by atoms with Gasteiger partial charge in [0.2, 0.25) is 0 Å². The van der Waals surface area contributed by atoms with Crippen molar-refractivity contribution < 1.29 is 14.6 Å². The summed E-state index contributed by atoms with van der Waals surface area (Å²) in [6.07, 6.45) is 4.92. The number of carbonyl (C=O) groups excluding carboxylic acids is 1. The number of hydrogen-bond acceptors (Lipinski definition) is 4. The Labute approximate surface area is 88.9 Å². The van der Waals surface area contributed by atoms with Gasteiger partial charge in [0.25, 0.3) is 0 Å². The first kappa shape index (κ1) is 11.7. The Kier molecular flexibility index (Phi) is 5.40. The molecular formula is C11H15NO3. The maximum Gasteiger partial charge on any atom is 0.168 e. The van der Waals surface area contributed by atoms with Gasteiger partial charge in [0.15, 0.2) is 6.29 Å². The molecule has 1 rings (SSSR count). The van der Waals surface area contributed by atoms with E-state index in [4.69, 9.17) is 9.84 Å². The van der Waals surface area contributed by atoms with E-state index in [9.17, 15) is 4.79 Å². The van der Waals surface area contributed by atoms with Crippen LogP contribution in [0.1, 0.15) is 29.8 Å². The number of nitrogens with zero attached hydrogens (tertiary/aromatic N) is 1. The molecule has 82 valence electrons. The summed E-state index contributed by atoms with van der Waals surface area (Å²) in [5, 5.41) is 8.56. The minimum Gasteiger partial charge on any atom is -0.492 e. The molecule has 0 saturated carbocycles. The molecule has 1 heterocycles. The zero-order chi connectivity index (χ0) is 10.9. The average Bonchev–Trinajstić information content (AvgIpc) is 2.30. The zero-order valence-electron chi connectivity index (χ0n) is 8.56. The lowest BCUT2D eigenvalue weighted by molar-refractivity contribution is 0.111. The van der Waals surface area contributed by atoms with Gasteiger partial charge in [0.1, 0.15) is 11.4 Å². The molecule has 0 atom stereocenters. The standard InChI is InChI=1S/C11H15NO3/c13-6-2-1-3-7-15-11-5-4-10(9-14)12-8-11/h4-5,8-9,13H,1-3,6-7H2. The summed E-state index contributed by atoms with van der Waals surface area (Å²) in [4.78, 5) is 14.2. The molecule has 0 amide bonds. The van der Waals surface area contributed by atoms with Crippen LogP contribution in [0.4, 0.5) is 0 Å². The lowest BCUT2D eigenvalue weighted by atomic mass is 10.2. The van der Waals surface area contributed by atoms with Crippen LogP contribution >= 0.6 is 0 Å². The Morgan fingerprint density at radius 1 is 1.33 bits per heavy atom. The quantitative estimate of drug-likeness (QED) is 0.545. The molecule has 0 spiro atoms. The summed E-state index contributed by atoms with van der Waals surface area (Å²) >= 11 is 0. The van der Waals surface area contributed by atoms with Crippen molar-refractivity contribution in [1.29, 1.82) is 0 Å². The molecular weight excluding hydrogens is 194 g/mol. The van der Waals surface area contributed by atoms with Crippen LogP contribution in [0.3, 0.4) is 0 Å². The second-order valence-electron chi connectivity index (χ2n) is 3.17. The Bertz CT molecular complexity index is 284. The number of ether oxygens (including phenoxy) is 1. The van der Waals surface area contributed by atoms with Gasteiger partial charge in [-0.1, -0.05) is 0 Å². The van der Waals surface area contributed by atoms with Crippen molar-refractivity contribution in [2.24, 2.45) is 0 Å². The van der Waals surface area contributed by atoms with Gasteiger partial charge in [-0.25, -0.2) is 4.98 Å². The number of aliphatic hydroxyl groups is 1. The maximum atomic E-state index is 10.3. The molecule has 0 aliphatic rings. The van der Waals surface area contributed by atoms with E-state index in [2.05, 4.69) is 4.98 Å². The van der Waals surface area contributed by atoms with Crippen LogP contribution < -0.4 is 4.74 Å². The highest BCUT2D eigenvalue weighted by Crippen LogP contribution is 2.09. The molecule has 0 fully saturated rings. The van der Waals surface area contributed by atoms with Crippen molar-refractivity contribution in [3.05, 3.63) is 24.0 Å². The van der Waals surface area contributed by atoms with Crippen LogP contribution in [0.5, 0.6) is 5.75 Å². The minimum absolute atomic E-state index is 0.232. The van der Waals surface area contributed by atoms with Crippen LogP contribution in [0.2, 0.25) is 0 Å².